The fourth-order valence-corrected chi connectivity index (χ4v) is 1.23. The standard InChI is InChI=1S/C8H17NO.C5H9N.C5H12O2S.2C5H12O.C5H12S.C5H12.C4H9Cl.C4H10/c1-8(2,3)9-4-6-10-7-5-9;1-5(2,3)4-6;1-5(2,3)8(4,6)7;1-5(2,3)6-4;1-5(2,3)4-6;1-5(2,3)6-4;1-5(2,3)4;1-4(2,3)5;1-4(2)3/h4-7H2,1-3H3;1-3H3;1-4H3;1-4H3;6H,4H2,1-3H3;1-4H3;1-4H3;1-3H3;4H,1-3H3. The first-order valence-corrected chi connectivity index (χ1v) is 23.7. The smallest absolute Gasteiger partial charge is 0.152 e. The van der Waals surface area contributed by atoms with Crippen molar-refractivity contribution in [3.63, 3.8) is 0 Å². The van der Waals surface area contributed by atoms with E-state index >= 15 is 0 Å². The Labute approximate surface area is 364 Å². The van der Waals surface area contributed by atoms with Crippen molar-refractivity contribution in [3.8, 4) is 6.07 Å². The number of sulfone groups is 1. The number of aliphatic hydroxyl groups excluding tert-OH is 1. The van der Waals surface area contributed by atoms with Crippen molar-refractivity contribution in [3.05, 3.63) is 0 Å². The summed E-state index contributed by atoms with van der Waals surface area (Å²) in [6.07, 6.45) is 3.37. The number of morpholine rings is 1. The van der Waals surface area contributed by atoms with Crippen LogP contribution in [0.4, 0.5) is 0 Å². The summed E-state index contributed by atoms with van der Waals surface area (Å²) in [5.74, 6) is 0.833. The lowest BCUT2D eigenvalue weighted by molar-refractivity contribution is -0.00389. The van der Waals surface area contributed by atoms with Gasteiger partial charge >= 0.3 is 0 Å². The van der Waals surface area contributed by atoms with E-state index in [0.29, 0.717) is 15.7 Å². The van der Waals surface area contributed by atoms with Gasteiger partial charge in [0.05, 0.1) is 29.6 Å². The van der Waals surface area contributed by atoms with Crippen LogP contribution < -0.4 is 0 Å². The SMILES string of the molecule is CC(C)(C)C.CC(C)(C)C#N.CC(C)(C)CO.CC(C)(C)Cl.CC(C)(C)N1CCOCC1.CC(C)(C)S(C)(=O)=O.CC(C)C.COC(C)(C)C.CSC(C)(C)C. The Morgan fingerprint density at radius 3 is 0.982 bits per heavy atom. The average Bonchev–Trinajstić information content (AvgIpc) is 2.90. The van der Waals surface area contributed by atoms with Crippen LogP contribution in [0.1, 0.15) is 194 Å². The molecule has 56 heavy (non-hydrogen) atoms. The van der Waals surface area contributed by atoms with Crippen molar-refractivity contribution >= 4 is 33.2 Å². The van der Waals surface area contributed by atoms with Gasteiger partial charge < -0.3 is 14.6 Å². The number of aliphatic hydroxyl groups is 1. The Bertz CT molecular complexity index is 934. The number of nitrogens with zero attached hydrogens (tertiary/aromatic N) is 2. The molecule has 1 aliphatic rings. The molecule has 1 aliphatic heterocycles. The molecular formula is C46H105ClN2O5S2. The van der Waals surface area contributed by atoms with Gasteiger partial charge in [0, 0.05) is 53.6 Å². The number of halogens is 1. The highest BCUT2D eigenvalue weighted by molar-refractivity contribution is 7.99. The van der Waals surface area contributed by atoms with E-state index in [9.17, 15) is 8.42 Å². The molecular weight excluding hydrogens is 760 g/mol. The molecule has 0 bridgehead atoms. The summed E-state index contributed by atoms with van der Waals surface area (Å²) >= 11 is 7.41. The average molecular weight is 866 g/mol. The molecule has 10 heteroatoms. The molecule has 0 saturated carbocycles. The molecule has 1 N–H and O–H groups in total. The minimum atomic E-state index is -2.84. The molecule has 1 fully saturated rings. The van der Waals surface area contributed by atoms with Gasteiger partial charge in [-0.25, -0.2) is 8.42 Å². The van der Waals surface area contributed by atoms with Crippen molar-refractivity contribution in [2.24, 2.45) is 22.2 Å². The number of rotatable bonds is 0. The number of hydrogen-bond acceptors (Lipinski definition) is 8. The fraction of sp³-hybridized carbons (Fsp3) is 0.978. The molecule has 7 nitrogen and oxygen atoms in total. The third kappa shape index (κ3) is 124. The number of hydrogen-bond donors (Lipinski definition) is 1. The van der Waals surface area contributed by atoms with Gasteiger partial charge in [0.2, 0.25) is 0 Å². The number of alkyl halides is 1. The van der Waals surface area contributed by atoms with Crippen molar-refractivity contribution in [1.82, 2.24) is 4.90 Å². The molecule has 0 atom stereocenters. The second-order valence-corrected chi connectivity index (χ2v) is 28.7. The second-order valence-electron chi connectivity index (χ2n) is 23.2. The first-order valence-electron chi connectivity index (χ1n) is 20.2. The maximum Gasteiger partial charge on any atom is 0.152 e. The maximum absolute atomic E-state index is 10.7. The number of thioether (sulfide) groups is 1. The predicted octanol–water partition coefficient (Wildman–Crippen LogP) is 13.8. The summed E-state index contributed by atoms with van der Waals surface area (Å²) in [5.41, 5.74) is 0.809. The molecule has 348 valence electrons. The molecule has 1 rings (SSSR count). The van der Waals surface area contributed by atoms with Gasteiger partial charge in [0.25, 0.3) is 0 Å². The second kappa shape index (κ2) is 33.6. The molecule has 0 aromatic rings. The van der Waals surface area contributed by atoms with Crippen molar-refractivity contribution < 1.29 is 23.0 Å². The zero-order valence-electron chi connectivity index (χ0n) is 43.8. The highest BCUT2D eigenvalue weighted by atomic mass is 35.5. The maximum atomic E-state index is 10.7. The monoisotopic (exact) mass is 865 g/mol. The predicted molar refractivity (Wildman–Crippen MR) is 260 cm³/mol. The lowest BCUT2D eigenvalue weighted by Crippen LogP contribution is -2.47. The molecule has 0 aliphatic carbocycles. The first-order chi connectivity index (χ1) is 23.8. The largest absolute Gasteiger partial charge is 0.396 e. The molecule has 0 spiro atoms. The van der Waals surface area contributed by atoms with Crippen LogP contribution >= 0.6 is 23.4 Å². The third-order valence-corrected chi connectivity index (χ3v) is 8.56. The molecule has 0 amide bonds. The Hall–Kier alpha value is -0.0800. The number of nitriles is 1. The van der Waals surface area contributed by atoms with Crippen LogP contribution in [0.5, 0.6) is 0 Å². The van der Waals surface area contributed by atoms with Gasteiger partial charge in [-0.1, -0.05) is 90.0 Å². The van der Waals surface area contributed by atoms with Crippen LogP contribution in [0.25, 0.3) is 0 Å². The van der Waals surface area contributed by atoms with E-state index in [1.54, 1.807) is 27.9 Å². The first kappa shape index (κ1) is 73.5. The fourth-order valence-electron chi connectivity index (χ4n) is 1.23. The Morgan fingerprint density at radius 1 is 0.750 bits per heavy atom. The minimum Gasteiger partial charge on any atom is -0.396 e. The summed E-state index contributed by atoms with van der Waals surface area (Å²) in [5, 5.41) is 16.6. The van der Waals surface area contributed by atoms with Gasteiger partial charge in [-0.2, -0.15) is 17.0 Å². The van der Waals surface area contributed by atoms with E-state index < -0.39 is 14.6 Å². The Morgan fingerprint density at radius 2 is 0.929 bits per heavy atom. The van der Waals surface area contributed by atoms with Gasteiger partial charge in [0.15, 0.2) is 9.84 Å². The van der Waals surface area contributed by atoms with Crippen LogP contribution in [-0.2, 0) is 19.3 Å². The van der Waals surface area contributed by atoms with E-state index in [2.05, 4.69) is 107 Å². The zero-order valence-corrected chi connectivity index (χ0v) is 46.2. The van der Waals surface area contributed by atoms with Crippen molar-refractivity contribution in [2.45, 2.75) is 219 Å². The topological polar surface area (TPSA) is 99.9 Å². The highest BCUT2D eigenvalue weighted by Crippen LogP contribution is 2.18. The molecule has 1 heterocycles. The summed E-state index contributed by atoms with van der Waals surface area (Å²) in [7, 11) is -1.13. The number of ether oxygens (including phenoxy) is 2. The lowest BCUT2D eigenvalue weighted by Gasteiger charge is -2.38. The number of methoxy groups -OCH3 is 1. The summed E-state index contributed by atoms with van der Waals surface area (Å²) in [4.78, 5) is 2.43. The van der Waals surface area contributed by atoms with Crippen LogP contribution in [0, 0.1) is 33.5 Å². The summed E-state index contributed by atoms with van der Waals surface area (Å²) in [6, 6.07) is 2.10. The van der Waals surface area contributed by atoms with Gasteiger partial charge in [-0.3, -0.25) is 4.90 Å². The zero-order chi connectivity index (χ0) is 48.0. The van der Waals surface area contributed by atoms with Crippen LogP contribution in [0.15, 0.2) is 0 Å². The molecule has 0 radical (unpaired) electrons. The van der Waals surface area contributed by atoms with E-state index in [-0.39, 0.29) is 27.9 Å². The van der Waals surface area contributed by atoms with E-state index in [1.165, 1.54) is 6.26 Å². The minimum absolute atomic E-state index is 0.0278. The van der Waals surface area contributed by atoms with Crippen LogP contribution in [0.2, 0.25) is 0 Å². The van der Waals surface area contributed by atoms with E-state index in [0.717, 1.165) is 32.2 Å². The Kier molecular flexibility index (Phi) is 44.1. The molecule has 0 aromatic heterocycles. The molecule has 0 aromatic carbocycles. The quantitative estimate of drug-likeness (QED) is 0.240. The van der Waals surface area contributed by atoms with Gasteiger partial charge in [0.1, 0.15) is 0 Å². The lowest BCUT2D eigenvalue weighted by atomic mass is 9.99. The Balaban J connectivity index is -0.0000000782. The van der Waals surface area contributed by atoms with Crippen molar-refractivity contribution in [1.29, 1.82) is 5.26 Å². The highest BCUT2D eigenvalue weighted by Gasteiger charge is 2.23. The molecule has 1 saturated heterocycles. The van der Waals surface area contributed by atoms with E-state index in [4.69, 9.17) is 31.4 Å². The third-order valence-electron chi connectivity index (χ3n) is 5.11. The van der Waals surface area contributed by atoms with Crippen LogP contribution in [-0.4, -0.2) is 96.5 Å². The molecule has 0 unspecified atom stereocenters. The van der Waals surface area contributed by atoms with E-state index in [1.807, 2.05) is 94.8 Å². The van der Waals surface area contributed by atoms with Gasteiger partial charge in [-0.05, 0) is 127 Å². The van der Waals surface area contributed by atoms with Gasteiger partial charge in [-0.15, -0.1) is 11.6 Å². The normalized spacial score (nSPS) is 13.9. The summed E-state index contributed by atoms with van der Waals surface area (Å²) < 4.78 is 31.4. The summed E-state index contributed by atoms with van der Waals surface area (Å²) in [6.45, 7) is 61.5. The van der Waals surface area contributed by atoms with Crippen LogP contribution in [0.3, 0.4) is 0 Å². The van der Waals surface area contributed by atoms with Crippen molar-refractivity contribution in [2.75, 3.05) is 52.5 Å².